The molecule has 0 aromatic heterocycles. The number of nitrogens with one attached hydrogen (secondary N) is 1. The van der Waals surface area contributed by atoms with Crippen molar-refractivity contribution >= 4 is 12.7 Å². The third-order valence-corrected chi connectivity index (χ3v) is 3.45. The van der Waals surface area contributed by atoms with Crippen LogP contribution in [0.3, 0.4) is 0 Å². The Morgan fingerprint density at radius 2 is 2.18 bits per heavy atom. The molecule has 0 bridgehead atoms. The molecule has 0 aliphatic carbocycles. The quantitative estimate of drug-likeness (QED) is 0.778. The van der Waals surface area contributed by atoms with Gasteiger partial charge in [-0.1, -0.05) is 18.2 Å². The molecule has 1 aliphatic rings. The highest BCUT2D eigenvalue weighted by Gasteiger charge is 2.24. The van der Waals surface area contributed by atoms with Crippen molar-refractivity contribution in [3.8, 4) is 0 Å². The number of anilines is 1. The summed E-state index contributed by atoms with van der Waals surface area (Å²) in [5, 5.41) is 13.1. The minimum Gasteiger partial charge on any atom is -0.437 e. The number of hydrogen-bond donors (Lipinski definition) is 2. The van der Waals surface area contributed by atoms with Crippen LogP contribution in [0.2, 0.25) is 6.82 Å². The Labute approximate surface area is 104 Å². The Morgan fingerprint density at radius 1 is 1.41 bits per heavy atom. The van der Waals surface area contributed by atoms with Crippen molar-refractivity contribution in [2.24, 2.45) is 5.92 Å². The molecule has 92 valence electrons. The van der Waals surface area contributed by atoms with Crippen LogP contribution in [-0.2, 0) is 0 Å². The lowest BCUT2D eigenvalue weighted by atomic mass is 9.80. The third-order valence-electron chi connectivity index (χ3n) is 3.45. The normalized spacial score (nSPS) is 21.2. The number of hydrogen-bond acceptors (Lipinski definition) is 3. The first-order chi connectivity index (χ1) is 8.25. The summed E-state index contributed by atoms with van der Waals surface area (Å²) in [6.45, 7) is 4.87. The highest BCUT2D eigenvalue weighted by molar-refractivity contribution is 6.45. The molecular weight excluding hydrogens is 211 g/mol. The van der Waals surface area contributed by atoms with E-state index in [1.54, 1.807) is 0 Å². The summed E-state index contributed by atoms with van der Waals surface area (Å²) in [5.41, 5.74) is 1.18. The molecule has 2 rings (SSSR count). The smallest absolute Gasteiger partial charge is 0.376 e. The van der Waals surface area contributed by atoms with E-state index in [2.05, 4.69) is 22.3 Å². The predicted octanol–water partition coefficient (Wildman–Crippen LogP) is 1.92. The number of para-hydroxylation sites is 1. The maximum Gasteiger partial charge on any atom is 0.376 e. The number of nitrogens with zero attached hydrogens (tertiary/aromatic N) is 1. The minimum atomic E-state index is -0.311. The molecule has 0 radical (unpaired) electrons. The van der Waals surface area contributed by atoms with Gasteiger partial charge in [-0.25, -0.2) is 0 Å². The molecule has 4 heteroatoms. The SMILES string of the molecule is CB(O)N1CCCC(CNc2ccccc2)C1. The molecule has 1 unspecified atom stereocenters. The topological polar surface area (TPSA) is 35.5 Å². The molecule has 2 N–H and O–H groups in total. The lowest BCUT2D eigenvalue weighted by Gasteiger charge is -2.33. The molecule has 1 aliphatic heterocycles. The van der Waals surface area contributed by atoms with Gasteiger partial charge in [0, 0.05) is 12.2 Å². The molecule has 1 fully saturated rings. The Morgan fingerprint density at radius 3 is 2.88 bits per heavy atom. The standard InChI is InChI=1S/C13H21BN2O/c1-14(17)16-9-5-6-12(11-16)10-15-13-7-3-2-4-8-13/h2-4,7-8,12,15,17H,5-6,9-11H2,1H3. The average molecular weight is 232 g/mol. The van der Waals surface area contributed by atoms with Crippen molar-refractivity contribution in [2.45, 2.75) is 19.7 Å². The van der Waals surface area contributed by atoms with E-state index in [0.29, 0.717) is 5.92 Å². The van der Waals surface area contributed by atoms with E-state index < -0.39 is 0 Å². The molecule has 0 saturated carbocycles. The first kappa shape index (κ1) is 12.5. The van der Waals surface area contributed by atoms with Gasteiger partial charge in [0.05, 0.1) is 0 Å². The highest BCUT2D eigenvalue weighted by atomic mass is 16.2. The predicted molar refractivity (Wildman–Crippen MR) is 73.1 cm³/mol. The maximum absolute atomic E-state index is 9.59. The summed E-state index contributed by atoms with van der Waals surface area (Å²) in [6.07, 6.45) is 2.44. The molecule has 1 heterocycles. The summed E-state index contributed by atoms with van der Waals surface area (Å²) in [7, 11) is -0.311. The second-order valence-corrected chi connectivity index (χ2v) is 4.88. The van der Waals surface area contributed by atoms with Gasteiger partial charge in [0.2, 0.25) is 0 Å². The minimum absolute atomic E-state index is 0.311. The first-order valence-corrected chi connectivity index (χ1v) is 6.47. The summed E-state index contributed by atoms with van der Waals surface area (Å²) in [4.78, 5) is 2.15. The van der Waals surface area contributed by atoms with Crippen LogP contribution >= 0.6 is 0 Å². The highest BCUT2D eigenvalue weighted by Crippen LogP contribution is 2.17. The van der Waals surface area contributed by atoms with E-state index in [1.807, 2.05) is 25.0 Å². The number of piperidine rings is 1. The molecular formula is C13H21BN2O. The van der Waals surface area contributed by atoms with Crippen LogP contribution in [0.15, 0.2) is 30.3 Å². The number of rotatable bonds is 4. The van der Waals surface area contributed by atoms with E-state index in [1.165, 1.54) is 18.5 Å². The first-order valence-electron chi connectivity index (χ1n) is 6.47. The molecule has 1 saturated heterocycles. The van der Waals surface area contributed by atoms with E-state index in [-0.39, 0.29) is 7.05 Å². The van der Waals surface area contributed by atoms with Gasteiger partial charge in [0.15, 0.2) is 0 Å². The van der Waals surface area contributed by atoms with Gasteiger partial charge in [-0.3, -0.25) is 0 Å². The van der Waals surface area contributed by atoms with Crippen molar-refractivity contribution in [3.63, 3.8) is 0 Å². The summed E-state index contributed by atoms with van der Waals surface area (Å²) < 4.78 is 0. The van der Waals surface area contributed by atoms with Gasteiger partial charge in [0.25, 0.3) is 0 Å². The van der Waals surface area contributed by atoms with E-state index in [0.717, 1.165) is 19.6 Å². The molecule has 17 heavy (non-hydrogen) atoms. The average Bonchev–Trinajstić information content (AvgIpc) is 2.38. The summed E-state index contributed by atoms with van der Waals surface area (Å²) in [6, 6.07) is 10.3. The second-order valence-electron chi connectivity index (χ2n) is 4.88. The summed E-state index contributed by atoms with van der Waals surface area (Å²) >= 11 is 0. The Bertz CT molecular complexity index is 331. The maximum atomic E-state index is 9.59. The summed E-state index contributed by atoms with van der Waals surface area (Å²) in [5.74, 6) is 0.638. The third kappa shape index (κ3) is 3.75. The van der Waals surface area contributed by atoms with Gasteiger partial charge in [0.1, 0.15) is 0 Å². The lowest BCUT2D eigenvalue weighted by Crippen LogP contribution is -2.45. The fourth-order valence-corrected chi connectivity index (χ4v) is 2.42. The van der Waals surface area contributed by atoms with Crippen LogP contribution < -0.4 is 5.32 Å². The van der Waals surface area contributed by atoms with E-state index in [4.69, 9.17) is 0 Å². The second kappa shape index (κ2) is 6.08. The van der Waals surface area contributed by atoms with Gasteiger partial charge >= 0.3 is 7.05 Å². The Balaban J connectivity index is 1.79. The zero-order valence-electron chi connectivity index (χ0n) is 10.5. The fraction of sp³-hybridized carbons (Fsp3) is 0.538. The van der Waals surface area contributed by atoms with Gasteiger partial charge in [-0.15, -0.1) is 0 Å². The van der Waals surface area contributed by atoms with Crippen molar-refractivity contribution in [1.29, 1.82) is 0 Å². The molecule has 0 spiro atoms. The molecule has 1 aromatic rings. The molecule has 1 atom stereocenters. The van der Waals surface area contributed by atoms with Crippen molar-refractivity contribution < 1.29 is 5.02 Å². The van der Waals surface area contributed by atoms with Crippen LogP contribution in [0.4, 0.5) is 5.69 Å². The lowest BCUT2D eigenvalue weighted by molar-refractivity contribution is 0.250. The largest absolute Gasteiger partial charge is 0.437 e. The molecule has 0 amide bonds. The Kier molecular flexibility index (Phi) is 4.46. The van der Waals surface area contributed by atoms with Crippen LogP contribution in [0, 0.1) is 5.92 Å². The Hall–Kier alpha value is -0.995. The zero-order valence-corrected chi connectivity index (χ0v) is 10.5. The monoisotopic (exact) mass is 232 g/mol. The van der Waals surface area contributed by atoms with Gasteiger partial charge < -0.3 is 15.2 Å². The molecule has 1 aromatic carbocycles. The van der Waals surface area contributed by atoms with Crippen LogP contribution in [0.5, 0.6) is 0 Å². The van der Waals surface area contributed by atoms with Crippen molar-refractivity contribution in [3.05, 3.63) is 30.3 Å². The van der Waals surface area contributed by atoms with Gasteiger partial charge in [-0.2, -0.15) is 0 Å². The van der Waals surface area contributed by atoms with Crippen LogP contribution in [0.25, 0.3) is 0 Å². The fourth-order valence-electron chi connectivity index (χ4n) is 2.42. The van der Waals surface area contributed by atoms with E-state index in [9.17, 15) is 5.02 Å². The molecule has 3 nitrogen and oxygen atoms in total. The number of benzene rings is 1. The zero-order chi connectivity index (χ0) is 12.1. The van der Waals surface area contributed by atoms with Crippen molar-refractivity contribution in [2.75, 3.05) is 25.0 Å². The van der Waals surface area contributed by atoms with Gasteiger partial charge in [-0.05, 0) is 50.8 Å². The van der Waals surface area contributed by atoms with Crippen LogP contribution in [0.1, 0.15) is 12.8 Å². The van der Waals surface area contributed by atoms with Crippen LogP contribution in [-0.4, -0.2) is 36.5 Å². The van der Waals surface area contributed by atoms with E-state index >= 15 is 0 Å². The van der Waals surface area contributed by atoms with Crippen molar-refractivity contribution in [1.82, 2.24) is 4.81 Å².